The SMILES string of the molecule is CCCCCCCCCCCCCCn1ccc(=O)c(OCc2ccc(O)cc2)c1C(C)=O. The van der Waals surface area contributed by atoms with Gasteiger partial charge in [0.2, 0.25) is 5.43 Å². The first-order valence-electron chi connectivity index (χ1n) is 12.7. The van der Waals surface area contributed by atoms with E-state index in [1.165, 1.54) is 77.2 Å². The lowest BCUT2D eigenvalue weighted by Crippen LogP contribution is -2.19. The van der Waals surface area contributed by atoms with Gasteiger partial charge in [0, 0.05) is 25.7 Å². The highest BCUT2D eigenvalue weighted by molar-refractivity contribution is 5.95. The van der Waals surface area contributed by atoms with Crippen molar-refractivity contribution in [2.75, 3.05) is 0 Å². The van der Waals surface area contributed by atoms with Crippen LogP contribution in [0.1, 0.15) is 107 Å². The van der Waals surface area contributed by atoms with Crippen LogP contribution in [0.25, 0.3) is 0 Å². The van der Waals surface area contributed by atoms with Crippen LogP contribution in [0.15, 0.2) is 41.3 Å². The highest BCUT2D eigenvalue weighted by Gasteiger charge is 2.17. The van der Waals surface area contributed by atoms with Crippen molar-refractivity contribution in [1.29, 1.82) is 0 Å². The van der Waals surface area contributed by atoms with Crippen LogP contribution in [0, 0.1) is 0 Å². The summed E-state index contributed by atoms with van der Waals surface area (Å²) in [4.78, 5) is 24.8. The summed E-state index contributed by atoms with van der Waals surface area (Å²) < 4.78 is 7.63. The first kappa shape index (κ1) is 26.7. The molecule has 5 nitrogen and oxygen atoms in total. The first-order valence-corrected chi connectivity index (χ1v) is 12.7. The number of aromatic hydroxyl groups is 1. The minimum absolute atomic E-state index is 0.108. The lowest BCUT2D eigenvalue weighted by atomic mass is 10.1. The van der Waals surface area contributed by atoms with E-state index in [4.69, 9.17) is 4.74 Å². The molecule has 0 amide bonds. The number of hydrogen-bond acceptors (Lipinski definition) is 4. The molecule has 0 aliphatic carbocycles. The van der Waals surface area contributed by atoms with E-state index in [2.05, 4.69) is 6.92 Å². The normalized spacial score (nSPS) is 11.0. The maximum Gasteiger partial charge on any atom is 0.224 e. The number of nitrogens with zero attached hydrogens (tertiary/aromatic N) is 1. The molecule has 33 heavy (non-hydrogen) atoms. The second-order valence-corrected chi connectivity index (χ2v) is 8.95. The van der Waals surface area contributed by atoms with E-state index >= 15 is 0 Å². The number of carbonyl (C=O) groups is 1. The second-order valence-electron chi connectivity index (χ2n) is 8.95. The van der Waals surface area contributed by atoms with E-state index in [-0.39, 0.29) is 29.3 Å². The predicted octanol–water partition coefficient (Wildman–Crippen LogP) is 7.04. The van der Waals surface area contributed by atoms with Gasteiger partial charge in [0.1, 0.15) is 18.1 Å². The summed E-state index contributed by atoms with van der Waals surface area (Å²) in [6.45, 7) is 4.59. The van der Waals surface area contributed by atoms with E-state index in [1.807, 2.05) is 4.57 Å². The first-order chi connectivity index (χ1) is 16.0. The second kappa shape index (κ2) is 15.3. The molecule has 0 spiro atoms. The molecule has 0 unspecified atom stereocenters. The molecule has 1 aromatic heterocycles. The van der Waals surface area contributed by atoms with Crippen LogP contribution in [0.5, 0.6) is 11.5 Å². The molecule has 0 radical (unpaired) electrons. The standard InChI is InChI=1S/C28H41NO4/c1-3-4-5-6-7-8-9-10-11-12-13-14-20-29-21-19-26(32)28(27(29)23(2)30)33-22-24-15-17-25(31)18-16-24/h15-19,21,31H,3-14,20,22H2,1-2H3. The van der Waals surface area contributed by atoms with Crippen LogP contribution in [0.2, 0.25) is 0 Å². The third-order valence-corrected chi connectivity index (χ3v) is 6.04. The van der Waals surface area contributed by atoms with Gasteiger partial charge < -0.3 is 14.4 Å². The fourth-order valence-electron chi connectivity index (χ4n) is 4.11. The predicted molar refractivity (Wildman–Crippen MR) is 134 cm³/mol. The Kier molecular flexibility index (Phi) is 12.4. The monoisotopic (exact) mass is 455 g/mol. The fraction of sp³-hybridized carbons (Fsp3) is 0.571. The van der Waals surface area contributed by atoms with E-state index in [9.17, 15) is 14.7 Å². The topological polar surface area (TPSA) is 68.5 Å². The summed E-state index contributed by atoms with van der Waals surface area (Å²) in [6, 6.07) is 8.08. The molecule has 0 aliphatic rings. The van der Waals surface area contributed by atoms with Crippen LogP contribution >= 0.6 is 0 Å². The number of unbranched alkanes of at least 4 members (excludes halogenated alkanes) is 11. The number of pyridine rings is 1. The molecule has 5 heteroatoms. The number of rotatable bonds is 17. The fourth-order valence-corrected chi connectivity index (χ4v) is 4.11. The highest BCUT2D eigenvalue weighted by atomic mass is 16.5. The summed E-state index contributed by atoms with van der Waals surface area (Å²) in [7, 11) is 0. The number of hydrogen-bond donors (Lipinski definition) is 1. The maximum atomic E-state index is 12.4. The quantitative estimate of drug-likeness (QED) is 0.205. The smallest absolute Gasteiger partial charge is 0.224 e. The Morgan fingerprint density at radius 3 is 1.94 bits per heavy atom. The third kappa shape index (κ3) is 9.85. The Bertz CT molecular complexity index is 886. The van der Waals surface area contributed by atoms with Gasteiger partial charge in [0.15, 0.2) is 11.5 Å². The average molecular weight is 456 g/mol. The van der Waals surface area contributed by atoms with Crippen molar-refractivity contribution in [1.82, 2.24) is 4.57 Å². The molecular formula is C28H41NO4. The van der Waals surface area contributed by atoms with Gasteiger partial charge in [-0.05, 0) is 24.1 Å². The molecule has 0 fully saturated rings. The van der Waals surface area contributed by atoms with Crippen molar-refractivity contribution in [3.05, 3.63) is 58.0 Å². The molecule has 1 aromatic carbocycles. The summed E-state index contributed by atoms with van der Waals surface area (Å²) in [5.41, 5.74) is 0.868. The molecule has 0 aliphatic heterocycles. The third-order valence-electron chi connectivity index (χ3n) is 6.04. The molecule has 182 valence electrons. The zero-order chi connectivity index (χ0) is 23.9. The molecule has 0 atom stereocenters. The summed E-state index contributed by atoms with van der Waals surface area (Å²) in [5, 5.41) is 9.41. The Labute approximate surface area is 198 Å². The van der Waals surface area contributed by atoms with Gasteiger partial charge in [-0.25, -0.2) is 0 Å². The van der Waals surface area contributed by atoms with Crippen molar-refractivity contribution in [3.8, 4) is 11.5 Å². The van der Waals surface area contributed by atoms with Crippen molar-refractivity contribution in [2.24, 2.45) is 0 Å². The lowest BCUT2D eigenvalue weighted by molar-refractivity contribution is 0.0997. The zero-order valence-corrected chi connectivity index (χ0v) is 20.5. The van der Waals surface area contributed by atoms with E-state index in [0.717, 1.165) is 18.4 Å². The molecule has 0 saturated heterocycles. The highest BCUT2D eigenvalue weighted by Crippen LogP contribution is 2.19. The Balaban J connectivity index is 1.78. The number of Topliss-reactive ketones (excluding diaryl/α,β-unsaturated/α-hetero) is 1. The number of benzene rings is 1. The van der Waals surface area contributed by atoms with Crippen LogP contribution in [0.4, 0.5) is 0 Å². The van der Waals surface area contributed by atoms with Gasteiger partial charge in [0.25, 0.3) is 0 Å². The van der Waals surface area contributed by atoms with E-state index in [1.54, 1.807) is 30.5 Å². The van der Waals surface area contributed by atoms with Crippen molar-refractivity contribution < 1.29 is 14.6 Å². The summed E-state index contributed by atoms with van der Waals surface area (Å²) in [5.74, 6) is 0.108. The molecular weight excluding hydrogens is 414 g/mol. The van der Waals surface area contributed by atoms with Gasteiger partial charge >= 0.3 is 0 Å². The van der Waals surface area contributed by atoms with Crippen molar-refractivity contribution in [2.45, 2.75) is 104 Å². The Morgan fingerprint density at radius 2 is 1.39 bits per heavy atom. The number of aromatic nitrogens is 1. The summed E-state index contributed by atoms with van der Waals surface area (Å²) >= 11 is 0. The van der Waals surface area contributed by atoms with Crippen LogP contribution in [0.3, 0.4) is 0 Å². The van der Waals surface area contributed by atoms with Gasteiger partial charge in [-0.3, -0.25) is 9.59 Å². The van der Waals surface area contributed by atoms with Gasteiger partial charge in [-0.2, -0.15) is 0 Å². The molecule has 2 aromatic rings. The number of phenolic OH excluding ortho intramolecular Hbond substituents is 1. The van der Waals surface area contributed by atoms with Crippen LogP contribution < -0.4 is 10.2 Å². The minimum Gasteiger partial charge on any atom is -0.508 e. The number of aryl methyl sites for hydroxylation is 1. The number of ketones is 1. The average Bonchev–Trinajstić information content (AvgIpc) is 2.80. The minimum atomic E-state index is -0.287. The number of ether oxygens (including phenoxy) is 1. The van der Waals surface area contributed by atoms with Crippen molar-refractivity contribution in [3.63, 3.8) is 0 Å². The van der Waals surface area contributed by atoms with Crippen LogP contribution in [-0.2, 0) is 13.2 Å². The Hall–Kier alpha value is -2.56. The molecule has 2 rings (SSSR count). The largest absolute Gasteiger partial charge is 0.508 e. The van der Waals surface area contributed by atoms with Crippen LogP contribution in [-0.4, -0.2) is 15.5 Å². The summed E-state index contributed by atoms with van der Waals surface area (Å²) in [6.07, 6.45) is 17.1. The molecule has 0 bridgehead atoms. The number of phenols is 1. The maximum absolute atomic E-state index is 12.4. The van der Waals surface area contributed by atoms with E-state index < -0.39 is 0 Å². The molecule has 1 heterocycles. The van der Waals surface area contributed by atoms with Gasteiger partial charge in [-0.15, -0.1) is 0 Å². The Morgan fingerprint density at radius 1 is 0.848 bits per heavy atom. The van der Waals surface area contributed by atoms with E-state index in [0.29, 0.717) is 12.2 Å². The van der Waals surface area contributed by atoms with Gasteiger partial charge in [-0.1, -0.05) is 89.7 Å². The molecule has 1 N–H and O–H groups in total. The van der Waals surface area contributed by atoms with Gasteiger partial charge in [0.05, 0.1) is 0 Å². The zero-order valence-electron chi connectivity index (χ0n) is 20.5. The molecule has 0 saturated carbocycles. The van der Waals surface area contributed by atoms with Crippen molar-refractivity contribution >= 4 is 5.78 Å². The number of carbonyl (C=O) groups excluding carboxylic acids is 1. The lowest BCUT2D eigenvalue weighted by Gasteiger charge is -2.16.